The fraction of sp³-hybridized carbons (Fsp3) is 0.809. The normalized spacial score (nSPS) is 14.2. The Bertz CT molecular complexity index is 1040. The number of esters is 1. The lowest BCUT2D eigenvalue weighted by atomic mass is 10.1. The molecule has 8 nitrogen and oxygen atoms in total. The van der Waals surface area contributed by atoms with Crippen LogP contribution in [0.2, 0.25) is 0 Å². The van der Waals surface area contributed by atoms with E-state index >= 15 is 0 Å². The van der Waals surface area contributed by atoms with Crippen LogP contribution < -0.4 is 4.89 Å². The van der Waals surface area contributed by atoms with E-state index in [1.54, 1.807) is 0 Å². The molecule has 56 heavy (non-hydrogen) atoms. The first kappa shape index (κ1) is 54.5. The molecule has 2 unspecified atom stereocenters. The molecule has 0 aromatic rings. The van der Waals surface area contributed by atoms with Gasteiger partial charge in [-0.05, 0) is 70.6 Å². The van der Waals surface area contributed by atoms with Gasteiger partial charge >= 0.3 is 5.97 Å². The largest absolute Gasteiger partial charge is 0.756 e. The summed E-state index contributed by atoms with van der Waals surface area (Å²) >= 11 is 0. The molecule has 0 amide bonds. The number of rotatable bonds is 42. The average Bonchev–Trinajstić information content (AvgIpc) is 3.15. The summed E-state index contributed by atoms with van der Waals surface area (Å²) in [4.78, 5) is 25.1. The second-order valence-corrected chi connectivity index (χ2v) is 17.8. The van der Waals surface area contributed by atoms with Crippen molar-refractivity contribution in [3.63, 3.8) is 0 Å². The van der Waals surface area contributed by atoms with E-state index in [9.17, 15) is 14.3 Å². The zero-order valence-electron chi connectivity index (χ0n) is 37.1. The number of ether oxygens (including phenoxy) is 2. The minimum Gasteiger partial charge on any atom is -0.756 e. The topological polar surface area (TPSA) is 94.1 Å². The first-order valence-corrected chi connectivity index (χ1v) is 24.3. The van der Waals surface area contributed by atoms with Gasteiger partial charge in [0.1, 0.15) is 19.3 Å². The van der Waals surface area contributed by atoms with E-state index in [2.05, 4.69) is 62.5 Å². The lowest BCUT2D eigenvalue weighted by Gasteiger charge is -2.28. The van der Waals surface area contributed by atoms with Gasteiger partial charge in [0, 0.05) is 13.0 Å². The van der Waals surface area contributed by atoms with Crippen LogP contribution in [0.15, 0.2) is 48.6 Å². The van der Waals surface area contributed by atoms with Crippen molar-refractivity contribution in [1.82, 2.24) is 0 Å². The fourth-order valence-corrected chi connectivity index (χ4v) is 6.73. The van der Waals surface area contributed by atoms with E-state index in [-0.39, 0.29) is 25.8 Å². The lowest BCUT2D eigenvalue weighted by molar-refractivity contribution is -0.870. The molecule has 0 bridgehead atoms. The molecule has 0 spiro atoms. The van der Waals surface area contributed by atoms with E-state index in [1.807, 2.05) is 21.1 Å². The van der Waals surface area contributed by atoms with E-state index in [0.29, 0.717) is 24.1 Å². The molecule has 0 aliphatic heterocycles. The molecule has 9 heteroatoms. The van der Waals surface area contributed by atoms with Gasteiger partial charge < -0.3 is 27.9 Å². The Morgan fingerprint density at radius 2 is 1.00 bits per heavy atom. The Morgan fingerprint density at radius 3 is 1.50 bits per heavy atom. The molecule has 0 fully saturated rings. The van der Waals surface area contributed by atoms with Crippen molar-refractivity contribution >= 4 is 13.8 Å². The molecular weight excluding hydrogens is 721 g/mol. The number of nitrogens with zero attached hydrogens (tertiary/aromatic N) is 1. The van der Waals surface area contributed by atoms with Crippen LogP contribution in [-0.4, -0.2) is 70.7 Å². The summed E-state index contributed by atoms with van der Waals surface area (Å²) in [6, 6.07) is 0. The average molecular weight is 810 g/mol. The van der Waals surface area contributed by atoms with Crippen LogP contribution in [-0.2, 0) is 27.9 Å². The number of hydrogen-bond acceptors (Lipinski definition) is 7. The van der Waals surface area contributed by atoms with Crippen molar-refractivity contribution in [3.05, 3.63) is 48.6 Å². The van der Waals surface area contributed by atoms with Crippen LogP contribution in [0.25, 0.3) is 0 Å². The highest BCUT2D eigenvalue weighted by Gasteiger charge is 2.20. The number of hydrogen-bond donors (Lipinski definition) is 0. The SMILES string of the molecule is CCCC/C=C\C/C=C\CCCCCCCCOCC(COP(=O)([O-])OCC[N+](C)(C)C)OC(=O)CCCCCCCCCCC/C=C\C/C=C\CCCCC. The molecule has 0 aliphatic carbocycles. The monoisotopic (exact) mass is 810 g/mol. The molecule has 0 N–H and O–H groups in total. The van der Waals surface area contributed by atoms with Gasteiger partial charge in [-0.1, -0.05) is 159 Å². The van der Waals surface area contributed by atoms with Gasteiger partial charge in [0.05, 0.1) is 34.4 Å². The van der Waals surface area contributed by atoms with Crippen LogP contribution in [0.3, 0.4) is 0 Å². The van der Waals surface area contributed by atoms with E-state index in [4.69, 9.17) is 18.5 Å². The van der Waals surface area contributed by atoms with Crippen LogP contribution in [0.1, 0.15) is 187 Å². The molecule has 2 atom stereocenters. The second-order valence-electron chi connectivity index (χ2n) is 16.4. The van der Waals surface area contributed by atoms with Gasteiger partial charge in [-0.25, -0.2) is 0 Å². The number of unbranched alkanes of at least 4 members (excludes halogenated alkanes) is 20. The van der Waals surface area contributed by atoms with Crippen LogP contribution in [0, 0.1) is 0 Å². The third-order valence-electron chi connectivity index (χ3n) is 9.60. The van der Waals surface area contributed by atoms with Crippen molar-refractivity contribution in [3.8, 4) is 0 Å². The summed E-state index contributed by atoms with van der Waals surface area (Å²) in [6.45, 7) is 5.32. The molecular formula is C47H88NO7P. The van der Waals surface area contributed by atoms with Gasteiger partial charge in [-0.3, -0.25) is 9.36 Å². The predicted octanol–water partition coefficient (Wildman–Crippen LogP) is 12.9. The number of quaternary nitrogens is 1. The lowest BCUT2D eigenvalue weighted by Crippen LogP contribution is -2.37. The highest BCUT2D eigenvalue weighted by molar-refractivity contribution is 7.45. The van der Waals surface area contributed by atoms with Gasteiger partial charge in [-0.2, -0.15) is 0 Å². The minimum atomic E-state index is -4.53. The first-order valence-electron chi connectivity index (χ1n) is 22.9. The number of likely N-dealkylation sites (N-methyl/N-ethyl adjacent to an activating group) is 1. The minimum absolute atomic E-state index is 0.0217. The highest BCUT2D eigenvalue weighted by Crippen LogP contribution is 2.38. The Balaban J connectivity index is 4.23. The molecule has 0 saturated heterocycles. The van der Waals surface area contributed by atoms with E-state index in [0.717, 1.165) is 57.8 Å². The Kier molecular flexibility index (Phi) is 39.1. The molecule has 0 saturated carbocycles. The van der Waals surface area contributed by atoms with Crippen molar-refractivity contribution < 1.29 is 37.3 Å². The van der Waals surface area contributed by atoms with Crippen LogP contribution >= 0.6 is 7.82 Å². The Morgan fingerprint density at radius 1 is 0.554 bits per heavy atom. The van der Waals surface area contributed by atoms with Crippen molar-refractivity contribution in [2.45, 2.75) is 193 Å². The number of phosphoric ester groups is 1. The van der Waals surface area contributed by atoms with Gasteiger partial charge in [0.15, 0.2) is 0 Å². The quantitative estimate of drug-likeness (QED) is 0.0199. The van der Waals surface area contributed by atoms with Crippen LogP contribution in [0.4, 0.5) is 0 Å². The third kappa shape index (κ3) is 43.6. The number of carbonyl (C=O) groups excluding carboxylic acids is 1. The maximum atomic E-state index is 12.7. The summed E-state index contributed by atoms with van der Waals surface area (Å²) < 4.78 is 34.6. The summed E-state index contributed by atoms with van der Waals surface area (Å²) in [5.41, 5.74) is 0. The molecule has 0 aromatic carbocycles. The van der Waals surface area contributed by atoms with Gasteiger partial charge in [-0.15, -0.1) is 0 Å². The third-order valence-corrected chi connectivity index (χ3v) is 10.6. The van der Waals surface area contributed by atoms with E-state index in [1.165, 1.54) is 109 Å². The number of allylic oxidation sites excluding steroid dienone is 8. The Hall–Kier alpha value is -1.54. The molecule has 328 valence electrons. The van der Waals surface area contributed by atoms with Gasteiger partial charge in [0.25, 0.3) is 7.82 Å². The summed E-state index contributed by atoms with van der Waals surface area (Å²) in [7, 11) is 1.34. The number of carbonyl (C=O) groups is 1. The smallest absolute Gasteiger partial charge is 0.306 e. The molecule has 0 heterocycles. The highest BCUT2D eigenvalue weighted by atomic mass is 31.2. The number of phosphoric acid groups is 1. The predicted molar refractivity (Wildman–Crippen MR) is 236 cm³/mol. The summed E-state index contributed by atoms with van der Waals surface area (Å²) in [5.74, 6) is -0.343. The summed E-state index contributed by atoms with van der Waals surface area (Å²) in [6.07, 6.45) is 48.3. The molecule has 0 aromatic heterocycles. The van der Waals surface area contributed by atoms with E-state index < -0.39 is 13.9 Å². The molecule has 0 aliphatic rings. The van der Waals surface area contributed by atoms with Crippen LogP contribution in [0.5, 0.6) is 0 Å². The maximum Gasteiger partial charge on any atom is 0.306 e. The standard InChI is InChI=1S/C47H88NO7P/c1-6-8-10-12-14-16-18-20-22-23-24-25-26-28-30-32-34-36-38-40-47(49)55-46(45-54-56(50,51)53-43-41-48(3,4)5)44-52-42-39-37-35-33-31-29-27-21-19-17-15-13-11-9-7-2/h13-16,19-22,46H,6-12,17-18,23-45H2,1-5H3/b15-13-,16-14-,21-19-,22-20-. The first-order chi connectivity index (χ1) is 27.1. The zero-order valence-corrected chi connectivity index (χ0v) is 38.0. The zero-order chi connectivity index (χ0) is 41.3. The fourth-order valence-electron chi connectivity index (χ4n) is 6.00. The van der Waals surface area contributed by atoms with Crippen molar-refractivity contribution in [2.75, 3.05) is 54.1 Å². The Labute approximate surface area is 346 Å². The van der Waals surface area contributed by atoms with Crippen molar-refractivity contribution in [2.24, 2.45) is 0 Å². The summed E-state index contributed by atoms with van der Waals surface area (Å²) in [5, 5.41) is 0. The maximum absolute atomic E-state index is 12.7. The second kappa shape index (κ2) is 40.2. The van der Waals surface area contributed by atoms with Crippen molar-refractivity contribution in [1.29, 1.82) is 0 Å². The van der Waals surface area contributed by atoms with Gasteiger partial charge in [0.2, 0.25) is 0 Å². The molecule has 0 radical (unpaired) electrons. The molecule has 0 rings (SSSR count).